The van der Waals surface area contributed by atoms with E-state index in [-0.39, 0.29) is 17.5 Å². The van der Waals surface area contributed by atoms with E-state index in [0.717, 1.165) is 32.1 Å². The lowest BCUT2D eigenvalue weighted by Crippen LogP contribution is -2.58. The summed E-state index contributed by atoms with van der Waals surface area (Å²) in [7, 11) is 0. The van der Waals surface area contributed by atoms with Gasteiger partial charge in [-0.2, -0.15) is 4.99 Å². The number of carboxylic acid groups (broad SMARTS) is 1. The van der Waals surface area contributed by atoms with E-state index in [2.05, 4.69) is 9.98 Å². The van der Waals surface area contributed by atoms with Gasteiger partial charge in [-0.05, 0) is 50.3 Å². The third-order valence-corrected chi connectivity index (χ3v) is 5.08. The molecule has 1 spiro atoms. The first-order valence-electron chi connectivity index (χ1n) is 7.88. The van der Waals surface area contributed by atoms with Crippen LogP contribution in [-0.2, 0) is 0 Å². The highest BCUT2D eigenvalue weighted by molar-refractivity contribution is 6.32. The highest BCUT2D eigenvalue weighted by Gasteiger charge is 2.44. The molecule has 0 aromatic heterocycles. The average Bonchev–Trinajstić information content (AvgIpc) is 2.51. The highest BCUT2D eigenvalue weighted by Crippen LogP contribution is 2.43. The quantitative estimate of drug-likeness (QED) is 0.758. The molecule has 24 heavy (non-hydrogen) atoms. The highest BCUT2D eigenvalue weighted by atomic mass is 35.5. The van der Waals surface area contributed by atoms with Crippen LogP contribution >= 0.6 is 11.6 Å². The molecule has 0 amide bonds. The van der Waals surface area contributed by atoms with Crippen molar-refractivity contribution in [3.63, 3.8) is 0 Å². The van der Waals surface area contributed by atoms with Crippen molar-refractivity contribution in [2.24, 2.45) is 21.5 Å². The largest absolute Gasteiger partial charge is 0.478 e. The number of anilines is 1. The van der Waals surface area contributed by atoms with Gasteiger partial charge in [0.05, 0.1) is 11.3 Å². The van der Waals surface area contributed by atoms with E-state index in [1.54, 1.807) is 17.9 Å². The Morgan fingerprint density at radius 2 is 1.96 bits per heavy atom. The van der Waals surface area contributed by atoms with E-state index >= 15 is 0 Å². The topological polar surface area (TPSA) is 117 Å². The molecule has 8 heteroatoms. The average molecular weight is 350 g/mol. The van der Waals surface area contributed by atoms with Crippen molar-refractivity contribution in [3.05, 3.63) is 28.3 Å². The first kappa shape index (κ1) is 16.6. The van der Waals surface area contributed by atoms with Crippen LogP contribution in [-0.4, -0.2) is 28.7 Å². The number of hydrogen-bond donors (Lipinski definition) is 3. The summed E-state index contributed by atoms with van der Waals surface area (Å²) in [6.45, 7) is 1.77. The van der Waals surface area contributed by atoms with Gasteiger partial charge in [-0.3, -0.25) is 4.90 Å². The minimum Gasteiger partial charge on any atom is -0.478 e. The Morgan fingerprint density at radius 1 is 1.29 bits per heavy atom. The molecule has 0 saturated heterocycles. The van der Waals surface area contributed by atoms with Crippen LogP contribution in [0.2, 0.25) is 5.02 Å². The molecular weight excluding hydrogens is 330 g/mol. The van der Waals surface area contributed by atoms with Gasteiger partial charge in [0.15, 0.2) is 0 Å². The Hall–Kier alpha value is -2.28. The molecule has 1 aliphatic heterocycles. The summed E-state index contributed by atoms with van der Waals surface area (Å²) >= 11 is 6.25. The number of hydrogen-bond acceptors (Lipinski definition) is 6. The zero-order valence-corrected chi connectivity index (χ0v) is 14.2. The fraction of sp³-hybridized carbons (Fsp3) is 0.438. The fourth-order valence-electron chi connectivity index (χ4n) is 3.58. The van der Waals surface area contributed by atoms with Gasteiger partial charge in [0, 0.05) is 5.02 Å². The Morgan fingerprint density at radius 3 is 2.58 bits per heavy atom. The van der Waals surface area contributed by atoms with Crippen LogP contribution in [0.25, 0.3) is 0 Å². The number of aromatic carboxylic acids is 1. The Balaban J connectivity index is 2.25. The second-order valence-corrected chi connectivity index (χ2v) is 6.60. The summed E-state index contributed by atoms with van der Waals surface area (Å²) in [5.74, 6) is -0.773. The lowest BCUT2D eigenvalue weighted by Gasteiger charge is -2.46. The van der Waals surface area contributed by atoms with Crippen LogP contribution in [0.15, 0.2) is 22.1 Å². The summed E-state index contributed by atoms with van der Waals surface area (Å²) in [6.07, 6.45) is 4.48. The molecule has 3 rings (SSSR count). The smallest absolute Gasteiger partial charge is 0.337 e. The van der Waals surface area contributed by atoms with Gasteiger partial charge in [-0.15, -0.1) is 0 Å². The molecule has 0 atom stereocenters. The normalized spacial score (nSPS) is 19.8. The summed E-state index contributed by atoms with van der Waals surface area (Å²) in [6, 6.07) is 3.06. The molecular formula is C16H20ClN5O2. The van der Waals surface area contributed by atoms with Crippen molar-refractivity contribution < 1.29 is 9.90 Å². The van der Waals surface area contributed by atoms with E-state index in [0.29, 0.717) is 16.3 Å². The van der Waals surface area contributed by atoms with Gasteiger partial charge in [0.25, 0.3) is 0 Å². The Labute approximate surface area is 145 Å². The fourth-order valence-corrected chi connectivity index (χ4v) is 3.73. The number of benzene rings is 1. The molecule has 1 aromatic carbocycles. The van der Waals surface area contributed by atoms with E-state index in [4.69, 9.17) is 23.1 Å². The summed E-state index contributed by atoms with van der Waals surface area (Å²) in [5.41, 5.74) is 12.5. The van der Waals surface area contributed by atoms with Gasteiger partial charge in [0.1, 0.15) is 5.66 Å². The maximum atomic E-state index is 11.8. The van der Waals surface area contributed by atoms with Crippen molar-refractivity contribution in [1.82, 2.24) is 0 Å². The van der Waals surface area contributed by atoms with Crippen LogP contribution in [0.1, 0.15) is 48.0 Å². The molecule has 1 saturated carbocycles. The molecule has 0 bridgehead atoms. The summed E-state index contributed by atoms with van der Waals surface area (Å²) < 4.78 is 0. The predicted octanol–water partition coefficient (Wildman–Crippen LogP) is 2.46. The first-order chi connectivity index (χ1) is 11.4. The van der Waals surface area contributed by atoms with Gasteiger partial charge >= 0.3 is 5.97 Å². The zero-order valence-electron chi connectivity index (χ0n) is 13.4. The second kappa shape index (κ2) is 5.98. The molecule has 7 nitrogen and oxygen atoms in total. The van der Waals surface area contributed by atoms with Crippen molar-refractivity contribution in [3.8, 4) is 0 Å². The number of carboxylic acids is 1. The number of halogens is 1. The molecule has 2 aliphatic rings. The van der Waals surface area contributed by atoms with Gasteiger partial charge in [-0.25, -0.2) is 9.79 Å². The standard InChI is InChI=1S/C16H20ClN5O2/c1-9-11(17)6-5-10(13(23)24)12(9)22-15(19)20-14(18)21-16(22)7-3-2-4-8-16/h5-6H,2-4,7-8H2,1H3,(H,23,24)(H4,18,19,20,21). The van der Waals surface area contributed by atoms with Crippen LogP contribution in [0.4, 0.5) is 5.69 Å². The molecule has 0 unspecified atom stereocenters. The monoisotopic (exact) mass is 349 g/mol. The lowest BCUT2D eigenvalue weighted by atomic mass is 9.86. The summed E-state index contributed by atoms with van der Waals surface area (Å²) in [5, 5.41) is 10.1. The van der Waals surface area contributed by atoms with Crippen LogP contribution in [0.3, 0.4) is 0 Å². The van der Waals surface area contributed by atoms with Gasteiger partial charge in [-0.1, -0.05) is 18.0 Å². The number of nitrogens with zero attached hydrogens (tertiary/aromatic N) is 3. The molecule has 5 N–H and O–H groups in total. The van der Waals surface area contributed by atoms with Gasteiger partial charge < -0.3 is 16.6 Å². The van der Waals surface area contributed by atoms with Crippen molar-refractivity contribution in [2.45, 2.75) is 44.7 Å². The maximum Gasteiger partial charge on any atom is 0.337 e. The number of nitrogens with two attached hydrogens (primary N) is 2. The van der Waals surface area contributed by atoms with Gasteiger partial charge in [0.2, 0.25) is 11.9 Å². The molecule has 1 fully saturated rings. The molecule has 1 aromatic rings. The Kier molecular flexibility index (Phi) is 4.13. The molecule has 128 valence electrons. The third kappa shape index (κ3) is 2.58. The zero-order chi connectivity index (χ0) is 17.5. The van der Waals surface area contributed by atoms with Crippen LogP contribution < -0.4 is 16.4 Å². The first-order valence-corrected chi connectivity index (χ1v) is 8.26. The van der Waals surface area contributed by atoms with E-state index in [1.165, 1.54) is 6.07 Å². The minimum atomic E-state index is -1.05. The number of aliphatic imine (C=N–C) groups is 2. The maximum absolute atomic E-state index is 11.8. The number of guanidine groups is 2. The molecule has 1 heterocycles. The van der Waals surface area contributed by atoms with E-state index in [1.807, 2.05) is 0 Å². The lowest BCUT2D eigenvalue weighted by molar-refractivity contribution is 0.0697. The second-order valence-electron chi connectivity index (χ2n) is 6.19. The van der Waals surface area contributed by atoms with Crippen molar-refractivity contribution >= 4 is 35.2 Å². The van der Waals surface area contributed by atoms with E-state index < -0.39 is 11.6 Å². The SMILES string of the molecule is Cc1c(Cl)ccc(C(=O)O)c1N1C(N)=NC(N)=NC12CCCCC2. The molecule has 1 aliphatic carbocycles. The van der Waals surface area contributed by atoms with Crippen LogP contribution in [0, 0.1) is 6.92 Å². The van der Waals surface area contributed by atoms with Crippen LogP contribution in [0.5, 0.6) is 0 Å². The number of rotatable bonds is 2. The number of carbonyl (C=O) groups is 1. The van der Waals surface area contributed by atoms with E-state index in [9.17, 15) is 9.90 Å². The van der Waals surface area contributed by atoms with Crippen molar-refractivity contribution in [1.29, 1.82) is 0 Å². The predicted molar refractivity (Wildman–Crippen MR) is 94.7 cm³/mol. The summed E-state index contributed by atoms with van der Waals surface area (Å²) in [4.78, 5) is 22.1. The third-order valence-electron chi connectivity index (χ3n) is 4.67. The van der Waals surface area contributed by atoms with Crippen molar-refractivity contribution in [2.75, 3.05) is 4.90 Å². The molecule has 0 radical (unpaired) electrons. The minimum absolute atomic E-state index is 0.121. The Bertz CT molecular complexity index is 753.